The molecule has 0 saturated carbocycles. The zero-order valence-electron chi connectivity index (χ0n) is 22.6. The lowest BCUT2D eigenvalue weighted by molar-refractivity contribution is -0.137. The highest BCUT2D eigenvalue weighted by atomic mass is 35.5. The molecular formula is C29H27ClF3N7O2. The van der Waals surface area contributed by atoms with Crippen molar-refractivity contribution in [2.45, 2.75) is 26.2 Å². The lowest BCUT2D eigenvalue weighted by atomic mass is 10.2. The van der Waals surface area contributed by atoms with Crippen LogP contribution in [0.2, 0.25) is 5.02 Å². The van der Waals surface area contributed by atoms with Crippen LogP contribution in [0.3, 0.4) is 0 Å². The molecule has 5 rings (SSSR count). The Hall–Kier alpha value is -4.29. The van der Waals surface area contributed by atoms with Gasteiger partial charge in [0.25, 0.3) is 11.8 Å². The Balaban J connectivity index is 1.14. The van der Waals surface area contributed by atoms with E-state index in [9.17, 15) is 22.8 Å². The van der Waals surface area contributed by atoms with Gasteiger partial charge in [0, 0.05) is 49.6 Å². The fourth-order valence-corrected chi connectivity index (χ4v) is 4.70. The highest BCUT2D eigenvalue weighted by Gasteiger charge is 2.30. The van der Waals surface area contributed by atoms with Gasteiger partial charge in [0.15, 0.2) is 5.69 Å². The van der Waals surface area contributed by atoms with Crippen LogP contribution in [0.5, 0.6) is 0 Å². The first kappa shape index (κ1) is 29.2. The van der Waals surface area contributed by atoms with Gasteiger partial charge < -0.3 is 10.2 Å². The third-order valence-electron chi connectivity index (χ3n) is 7.02. The number of carbonyl (C=O) groups excluding carboxylic acids is 2. The molecule has 42 heavy (non-hydrogen) atoms. The molecule has 218 valence electrons. The number of alkyl halides is 3. The van der Waals surface area contributed by atoms with E-state index in [0.717, 1.165) is 37.3 Å². The predicted octanol–water partition coefficient (Wildman–Crippen LogP) is 4.91. The maximum Gasteiger partial charge on any atom is 0.416 e. The minimum absolute atomic E-state index is 0.0973. The van der Waals surface area contributed by atoms with Crippen molar-refractivity contribution in [3.05, 3.63) is 106 Å². The van der Waals surface area contributed by atoms with Crippen LogP contribution in [0.25, 0.3) is 0 Å². The Morgan fingerprint density at radius 1 is 0.905 bits per heavy atom. The molecule has 1 saturated heterocycles. The van der Waals surface area contributed by atoms with E-state index in [1.807, 2.05) is 24.3 Å². The van der Waals surface area contributed by atoms with Crippen molar-refractivity contribution >= 4 is 29.1 Å². The number of hydrogen-bond acceptors (Lipinski definition) is 6. The molecule has 13 heteroatoms. The van der Waals surface area contributed by atoms with Gasteiger partial charge in [-0.05, 0) is 60.5 Å². The van der Waals surface area contributed by atoms with Crippen LogP contribution in [0.15, 0.2) is 66.9 Å². The van der Waals surface area contributed by atoms with Crippen LogP contribution >= 0.6 is 11.6 Å². The molecule has 2 aromatic carbocycles. The molecule has 4 aromatic rings. The Kier molecular flexibility index (Phi) is 8.55. The van der Waals surface area contributed by atoms with E-state index in [1.165, 1.54) is 30.0 Å². The molecule has 0 bridgehead atoms. The number of benzene rings is 2. The molecule has 1 aliphatic heterocycles. The quantitative estimate of drug-likeness (QED) is 0.325. The first-order chi connectivity index (χ1) is 20.1. The second-order valence-electron chi connectivity index (χ2n) is 9.96. The Morgan fingerprint density at radius 2 is 1.57 bits per heavy atom. The second-order valence-corrected chi connectivity index (χ2v) is 10.4. The first-order valence-electron chi connectivity index (χ1n) is 13.2. The van der Waals surface area contributed by atoms with E-state index in [1.54, 1.807) is 22.6 Å². The lowest BCUT2D eigenvalue weighted by Crippen LogP contribution is -2.48. The third-order valence-corrected chi connectivity index (χ3v) is 7.28. The maximum atomic E-state index is 13.2. The molecule has 3 heterocycles. The summed E-state index contributed by atoms with van der Waals surface area (Å²) in [7, 11) is 0. The minimum atomic E-state index is -4.45. The normalized spacial score (nSPS) is 14.2. The number of halogens is 4. The number of hydrogen-bond donors (Lipinski definition) is 1. The van der Waals surface area contributed by atoms with Crippen LogP contribution in [0, 0.1) is 6.92 Å². The number of amides is 2. The van der Waals surface area contributed by atoms with Gasteiger partial charge in [-0.3, -0.25) is 19.5 Å². The average molecular weight is 598 g/mol. The number of anilines is 1. The monoisotopic (exact) mass is 597 g/mol. The van der Waals surface area contributed by atoms with Gasteiger partial charge in [-0.15, -0.1) is 5.10 Å². The number of nitrogens with one attached hydrogen (secondary N) is 1. The number of carbonyl (C=O) groups is 2. The van der Waals surface area contributed by atoms with Gasteiger partial charge in [-0.1, -0.05) is 35.0 Å². The molecule has 2 aromatic heterocycles. The summed E-state index contributed by atoms with van der Waals surface area (Å²) >= 11 is 5.97. The van der Waals surface area contributed by atoms with Gasteiger partial charge in [0.2, 0.25) is 0 Å². The van der Waals surface area contributed by atoms with E-state index in [-0.39, 0.29) is 23.8 Å². The topological polar surface area (TPSA) is 96.3 Å². The highest BCUT2D eigenvalue weighted by molar-refractivity contribution is 6.30. The summed E-state index contributed by atoms with van der Waals surface area (Å²) < 4.78 is 39.8. The predicted molar refractivity (Wildman–Crippen MR) is 150 cm³/mol. The van der Waals surface area contributed by atoms with Gasteiger partial charge in [0.05, 0.1) is 17.8 Å². The molecule has 0 atom stereocenters. The molecule has 0 unspecified atom stereocenters. The summed E-state index contributed by atoms with van der Waals surface area (Å²) in [4.78, 5) is 33.9. The smallest absolute Gasteiger partial charge is 0.335 e. The maximum absolute atomic E-state index is 13.2. The number of nitrogens with zero attached hydrogens (tertiary/aromatic N) is 6. The van der Waals surface area contributed by atoms with Crippen LogP contribution in [0.1, 0.15) is 43.4 Å². The van der Waals surface area contributed by atoms with E-state index in [0.29, 0.717) is 29.5 Å². The lowest BCUT2D eigenvalue weighted by Gasteiger charge is -2.34. The molecule has 1 N–H and O–H groups in total. The summed E-state index contributed by atoms with van der Waals surface area (Å²) in [6, 6.07) is 15.1. The largest absolute Gasteiger partial charge is 0.416 e. The van der Waals surface area contributed by atoms with E-state index < -0.39 is 17.6 Å². The Labute approximate surface area is 244 Å². The van der Waals surface area contributed by atoms with Crippen molar-refractivity contribution in [2.75, 3.05) is 31.5 Å². The van der Waals surface area contributed by atoms with Gasteiger partial charge in [-0.25, -0.2) is 4.68 Å². The zero-order chi connectivity index (χ0) is 29.9. The SMILES string of the molecule is Cc1c(C(=O)N2CCN(Cc3ccc(Cl)cc3)CC2)nnn1Cc1ccc(C(=O)Nc2ccc(C(F)(F)F)cc2)nc1. The van der Waals surface area contributed by atoms with Crippen LogP contribution < -0.4 is 5.32 Å². The van der Waals surface area contributed by atoms with Crippen LogP contribution in [-0.4, -0.2) is 67.8 Å². The number of pyridine rings is 1. The van der Waals surface area contributed by atoms with Gasteiger partial charge in [0.1, 0.15) is 5.69 Å². The van der Waals surface area contributed by atoms with Crippen molar-refractivity contribution in [1.82, 2.24) is 29.8 Å². The van der Waals surface area contributed by atoms with Crippen molar-refractivity contribution in [2.24, 2.45) is 0 Å². The Bertz CT molecular complexity index is 1550. The van der Waals surface area contributed by atoms with Gasteiger partial charge in [-0.2, -0.15) is 13.2 Å². The van der Waals surface area contributed by atoms with Crippen molar-refractivity contribution < 1.29 is 22.8 Å². The molecule has 1 fully saturated rings. The van der Waals surface area contributed by atoms with Crippen LogP contribution in [-0.2, 0) is 19.3 Å². The molecule has 0 aliphatic carbocycles. The fraction of sp³-hybridized carbons (Fsp3) is 0.276. The summed E-state index contributed by atoms with van der Waals surface area (Å²) in [6.07, 6.45) is -2.95. The number of rotatable bonds is 7. The van der Waals surface area contributed by atoms with E-state index >= 15 is 0 Å². The molecule has 2 amide bonds. The van der Waals surface area contributed by atoms with E-state index in [2.05, 4.69) is 25.5 Å². The number of piperazine rings is 1. The third kappa shape index (κ3) is 6.94. The summed E-state index contributed by atoms with van der Waals surface area (Å²) in [5, 5.41) is 11.5. The standard InChI is InChI=1S/C29H27ClF3N7O2/c1-19-26(28(42)39-14-12-38(13-15-39)17-20-2-7-23(30)8-3-20)36-37-40(19)18-21-4-11-25(34-16-21)27(41)35-24-9-5-22(6-10-24)29(31,32)33/h2-11,16H,12-15,17-18H2,1H3,(H,35,41). The van der Waals surface area contributed by atoms with E-state index in [4.69, 9.17) is 11.6 Å². The fourth-order valence-electron chi connectivity index (χ4n) is 4.58. The zero-order valence-corrected chi connectivity index (χ0v) is 23.4. The second kappa shape index (κ2) is 12.3. The average Bonchev–Trinajstić information content (AvgIpc) is 3.34. The first-order valence-corrected chi connectivity index (χ1v) is 13.5. The van der Waals surface area contributed by atoms with Crippen molar-refractivity contribution in [3.63, 3.8) is 0 Å². The summed E-state index contributed by atoms with van der Waals surface area (Å²) in [6.45, 7) is 5.51. The van der Waals surface area contributed by atoms with Crippen molar-refractivity contribution in [3.8, 4) is 0 Å². The Morgan fingerprint density at radius 3 is 2.19 bits per heavy atom. The highest BCUT2D eigenvalue weighted by Crippen LogP contribution is 2.30. The molecule has 0 spiro atoms. The number of aromatic nitrogens is 4. The molecule has 9 nitrogen and oxygen atoms in total. The molecule has 1 aliphatic rings. The molecular weight excluding hydrogens is 571 g/mol. The molecule has 0 radical (unpaired) electrons. The summed E-state index contributed by atoms with van der Waals surface area (Å²) in [5.74, 6) is -0.724. The van der Waals surface area contributed by atoms with Crippen molar-refractivity contribution in [1.29, 1.82) is 0 Å². The summed E-state index contributed by atoms with van der Waals surface area (Å²) in [5.41, 5.74) is 2.32. The van der Waals surface area contributed by atoms with Crippen LogP contribution in [0.4, 0.5) is 18.9 Å². The minimum Gasteiger partial charge on any atom is -0.335 e. The van der Waals surface area contributed by atoms with Gasteiger partial charge >= 0.3 is 6.18 Å².